The number of carbonyl (C=O) groups excluding carboxylic acids is 2. The molecule has 0 saturated heterocycles. The van der Waals surface area contributed by atoms with Crippen molar-refractivity contribution in [1.82, 2.24) is 9.80 Å². The van der Waals surface area contributed by atoms with E-state index in [-0.39, 0.29) is 54.9 Å². The molecule has 0 unspecified atom stereocenters. The van der Waals surface area contributed by atoms with Gasteiger partial charge in [-0.2, -0.15) is 0 Å². The summed E-state index contributed by atoms with van der Waals surface area (Å²) in [6.45, 7) is 3.48. The third kappa shape index (κ3) is 5.84. The summed E-state index contributed by atoms with van der Waals surface area (Å²) in [4.78, 5) is 42.9. The molecule has 0 radical (unpaired) electrons. The Morgan fingerprint density at radius 1 is 1.00 bits per heavy atom. The van der Waals surface area contributed by atoms with Gasteiger partial charge in [-0.1, -0.05) is 29.8 Å². The molecule has 0 atom stereocenters. The van der Waals surface area contributed by atoms with Gasteiger partial charge in [-0.3, -0.25) is 14.4 Å². The third-order valence-corrected chi connectivity index (χ3v) is 6.60. The molecule has 204 valence electrons. The number of nitrogens with zero attached hydrogens (tertiary/aromatic N) is 2. The maximum absolute atomic E-state index is 13.8. The van der Waals surface area contributed by atoms with Gasteiger partial charge in [0.2, 0.25) is 12.7 Å². The number of hydrogen-bond acceptors (Lipinski definition) is 6. The van der Waals surface area contributed by atoms with Gasteiger partial charge in [-0.15, -0.1) is 6.58 Å². The average molecular weight is 563 g/mol. The molecule has 1 aromatic heterocycles. The minimum absolute atomic E-state index is 0.0512. The Morgan fingerprint density at radius 3 is 2.62 bits per heavy atom. The zero-order chi connectivity index (χ0) is 28.2. The van der Waals surface area contributed by atoms with Crippen LogP contribution in [0.5, 0.6) is 11.5 Å². The van der Waals surface area contributed by atoms with E-state index in [2.05, 4.69) is 6.58 Å². The molecule has 2 heterocycles. The predicted octanol–water partition coefficient (Wildman–Crippen LogP) is 5.17. The van der Waals surface area contributed by atoms with Crippen LogP contribution in [-0.2, 0) is 17.9 Å². The van der Waals surface area contributed by atoms with Crippen molar-refractivity contribution < 1.29 is 27.9 Å². The van der Waals surface area contributed by atoms with Crippen molar-refractivity contribution in [2.24, 2.45) is 0 Å². The molecule has 10 heteroatoms. The number of rotatable bonds is 9. The van der Waals surface area contributed by atoms with E-state index in [0.717, 1.165) is 11.6 Å². The van der Waals surface area contributed by atoms with E-state index < -0.39 is 17.6 Å². The zero-order valence-corrected chi connectivity index (χ0v) is 22.0. The molecule has 0 N–H and O–H groups in total. The normalized spacial score (nSPS) is 11.8. The van der Waals surface area contributed by atoms with Crippen LogP contribution >= 0.6 is 11.6 Å². The maximum atomic E-state index is 13.8. The summed E-state index contributed by atoms with van der Waals surface area (Å²) in [6, 6.07) is 15.3. The van der Waals surface area contributed by atoms with Crippen molar-refractivity contribution >= 4 is 34.4 Å². The summed E-state index contributed by atoms with van der Waals surface area (Å²) in [5.74, 6) is -0.417. The molecule has 0 aliphatic carbocycles. The smallest absolute Gasteiger partial charge is 0.254 e. The van der Waals surface area contributed by atoms with E-state index in [1.54, 1.807) is 30.3 Å². The molecule has 0 spiro atoms. The van der Waals surface area contributed by atoms with Crippen molar-refractivity contribution in [3.63, 3.8) is 0 Å². The van der Waals surface area contributed by atoms with Crippen molar-refractivity contribution in [2.75, 3.05) is 19.9 Å². The first-order valence-corrected chi connectivity index (χ1v) is 12.7. The Hall–Kier alpha value is -4.63. The van der Waals surface area contributed by atoms with Crippen LogP contribution in [0.4, 0.5) is 4.39 Å². The minimum atomic E-state index is -0.566. The number of hydrogen-bond donors (Lipinski definition) is 0. The topological polar surface area (TPSA) is 89.3 Å². The lowest BCUT2D eigenvalue weighted by Gasteiger charge is -2.27. The van der Waals surface area contributed by atoms with E-state index in [0.29, 0.717) is 22.1 Å². The molecule has 1 aliphatic heterocycles. The lowest BCUT2D eigenvalue weighted by atomic mass is 10.1. The average Bonchev–Trinajstić information content (AvgIpc) is 3.41. The lowest BCUT2D eigenvalue weighted by molar-refractivity contribution is -0.133. The number of ether oxygens (including phenoxy) is 2. The number of carbonyl (C=O) groups is 2. The van der Waals surface area contributed by atoms with Crippen LogP contribution in [0.25, 0.3) is 11.0 Å². The highest BCUT2D eigenvalue weighted by atomic mass is 35.5. The fourth-order valence-electron chi connectivity index (χ4n) is 4.39. The molecule has 0 fully saturated rings. The molecule has 0 saturated carbocycles. The van der Waals surface area contributed by atoms with Crippen LogP contribution in [0.1, 0.15) is 21.5 Å². The van der Waals surface area contributed by atoms with Gasteiger partial charge < -0.3 is 23.7 Å². The summed E-state index contributed by atoms with van der Waals surface area (Å²) in [6.07, 6.45) is 2.80. The van der Waals surface area contributed by atoms with Gasteiger partial charge in [0.25, 0.3) is 5.91 Å². The molecule has 3 aromatic carbocycles. The van der Waals surface area contributed by atoms with Gasteiger partial charge in [0.05, 0.1) is 23.8 Å². The fraction of sp³-hybridized carbons (Fsp3) is 0.167. The molecular weight excluding hydrogens is 539 g/mol. The third-order valence-electron chi connectivity index (χ3n) is 6.36. The largest absolute Gasteiger partial charge is 0.464 e. The second-order valence-corrected chi connectivity index (χ2v) is 9.59. The summed E-state index contributed by atoms with van der Waals surface area (Å²) in [7, 11) is 0. The van der Waals surface area contributed by atoms with E-state index in [9.17, 15) is 18.8 Å². The Bertz CT molecular complexity index is 1670. The summed E-state index contributed by atoms with van der Waals surface area (Å²) in [5, 5.41) is 0.663. The molecule has 2 amide bonds. The maximum Gasteiger partial charge on any atom is 0.254 e. The summed E-state index contributed by atoms with van der Waals surface area (Å²) >= 11 is 6.09. The van der Waals surface area contributed by atoms with E-state index in [1.165, 1.54) is 46.4 Å². The Kier molecular flexibility index (Phi) is 7.84. The molecule has 5 rings (SSSR count). The van der Waals surface area contributed by atoms with Crippen LogP contribution in [0.15, 0.2) is 88.8 Å². The van der Waals surface area contributed by atoms with Crippen LogP contribution in [0.2, 0.25) is 5.02 Å². The standard InChI is InChI=1S/C30H24ClFN2O6/c1-2-10-33(30(37)20-4-3-5-23(32)12-20)16-28(35)34(14-19-6-8-26-27(11-19)40-18-39-26)15-21-17-38-25-9-7-22(31)13-24(25)29(21)36/h2-9,11-13,17H,1,10,14-16,18H2. The van der Waals surface area contributed by atoms with Crippen LogP contribution < -0.4 is 14.9 Å². The van der Waals surface area contributed by atoms with E-state index in [1.807, 2.05) is 0 Å². The second-order valence-electron chi connectivity index (χ2n) is 9.15. The van der Waals surface area contributed by atoms with Gasteiger partial charge in [0.1, 0.15) is 17.9 Å². The van der Waals surface area contributed by atoms with Crippen molar-refractivity contribution in [3.8, 4) is 11.5 Å². The van der Waals surface area contributed by atoms with Crippen molar-refractivity contribution in [1.29, 1.82) is 0 Å². The van der Waals surface area contributed by atoms with Crippen molar-refractivity contribution in [2.45, 2.75) is 13.1 Å². The van der Waals surface area contributed by atoms with Gasteiger partial charge in [-0.25, -0.2) is 4.39 Å². The fourth-order valence-corrected chi connectivity index (χ4v) is 4.56. The highest BCUT2D eigenvalue weighted by Crippen LogP contribution is 2.33. The molecule has 0 bridgehead atoms. The summed E-state index contributed by atoms with van der Waals surface area (Å²) in [5.41, 5.74) is 1.09. The van der Waals surface area contributed by atoms with Crippen molar-refractivity contribution in [3.05, 3.63) is 117 Å². The van der Waals surface area contributed by atoms with E-state index >= 15 is 0 Å². The molecular formula is C30H24ClFN2O6. The Balaban J connectivity index is 1.46. The van der Waals surface area contributed by atoms with Crippen LogP contribution in [-0.4, -0.2) is 41.5 Å². The van der Waals surface area contributed by atoms with Crippen LogP contribution in [0, 0.1) is 5.82 Å². The van der Waals surface area contributed by atoms with E-state index in [4.69, 9.17) is 25.5 Å². The molecule has 40 heavy (non-hydrogen) atoms. The quantitative estimate of drug-likeness (QED) is 0.261. The SMILES string of the molecule is C=CCN(CC(=O)N(Cc1ccc2c(c1)OCO2)Cc1coc2ccc(Cl)cc2c1=O)C(=O)c1cccc(F)c1. The number of fused-ring (bicyclic) bond motifs is 2. The zero-order valence-electron chi connectivity index (χ0n) is 21.3. The van der Waals surface area contributed by atoms with Crippen LogP contribution in [0.3, 0.4) is 0 Å². The monoisotopic (exact) mass is 562 g/mol. The van der Waals surface area contributed by atoms with Gasteiger partial charge in [0.15, 0.2) is 16.9 Å². The first-order chi connectivity index (χ1) is 19.3. The second kappa shape index (κ2) is 11.6. The Morgan fingerprint density at radius 2 is 1.82 bits per heavy atom. The number of halogens is 2. The molecule has 8 nitrogen and oxygen atoms in total. The highest BCUT2D eigenvalue weighted by molar-refractivity contribution is 6.31. The Labute approximate surface area is 233 Å². The van der Waals surface area contributed by atoms with Gasteiger partial charge >= 0.3 is 0 Å². The molecule has 1 aliphatic rings. The lowest BCUT2D eigenvalue weighted by Crippen LogP contribution is -2.43. The predicted molar refractivity (Wildman–Crippen MR) is 147 cm³/mol. The minimum Gasteiger partial charge on any atom is -0.464 e. The number of benzene rings is 3. The van der Waals surface area contributed by atoms with Gasteiger partial charge in [0, 0.05) is 23.7 Å². The number of amides is 2. The molecule has 4 aromatic rings. The highest BCUT2D eigenvalue weighted by Gasteiger charge is 2.24. The summed E-state index contributed by atoms with van der Waals surface area (Å²) < 4.78 is 30.3. The first kappa shape index (κ1) is 27.0. The van der Waals surface area contributed by atoms with Gasteiger partial charge in [-0.05, 0) is 54.1 Å². The first-order valence-electron chi connectivity index (χ1n) is 12.3.